The van der Waals surface area contributed by atoms with E-state index in [0.717, 1.165) is 6.07 Å². The highest BCUT2D eigenvalue weighted by molar-refractivity contribution is 5.24. The Morgan fingerprint density at radius 2 is 2.05 bits per heavy atom. The van der Waals surface area contributed by atoms with Crippen molar-refractivity contribution >= 4 is 0 Å². The van der Waals surface area contributed by atoms with E-state index in [-0.39, 0.29) is 5.56 Å². The summed E-state index contributed by atoms with van der Waals surface area (Å²) in [7, 11) is 1.49. The van der Waals surface area contributed by atoms with Crippen LogP contribution in [-0.4, -0.2) is 17.1 Å². The Labute approximate surface area is 109 Å². The van der Waals surface area contributed by atoms with Gasteiger partial charge in [0.1, 0.15) is 18.0 Å². The molecule has 2 N–H and O–H groups in total. The Kier molecular flexibility index (Phi) is 4.01. The highest BCUT2D eigenvalue weighted by Crippen LogP contribution is 2.20. The smallest absolute Gasteiger partial charge is 0.216 e. The summed E-state index contributed by atoms with van der Waals surface area (Å²) >= 11 is 0. The molecule has 0 amide bonds. The molecule has 1 atom stereocenters. The van der Waals surface area contributed by atoms with Gasteiger partial charge in [-0.2, -0.15) is 0 Å². The van der Waals surface area contributed by atoms with Crippen molar-refractivity contribution < 1.29 is 13.5 Å². The number of aromatic nitrogens is 2. The molecule has 100 valence electrons. The molecule has 1 aromatic carbocycles. The summed E-state index contributed by atoms with van der Waals surface area (Å²) in [6, 6.07) is 4.35. The van der Waals surface area contributed by atoms with Crippen LogP contribution in [0.3, 0.4) is 0 Å². The molecule has 2 aromatic rings. The van der Waals surface area contributed by atoms with Crippen molar-refractivity contribution in [2.45, 2.75) is 12.5 Å². The molecule has 0 aliphatic carbocycles. The summed E-state index contributed by atoms with van der Waals surface area (Å²) in [5.41, 5.74) is 6.78. The Balaban J connectivity index is 2.17. The van der Waals surface area contributed by atoms with Crippen molar-refractivity contribution in [2.75, 3.05) is 7.11 Å². The van der Waals surface area contributed by atoms with Crippen molar-refractivity contribution in [3.63, 3.8) is 0 Å². The molecule has 1 unspecified atom stereocenters. The first kappa shape index (κ1) is 13.4. The molecule has 0 saturated heterocycles. The Morgan fingerprint density at radius 1 is 1.26 bits per heavy atom. The number of hydrogen-bond acceptors (Lipinski definition) is 4. The van der Waals surface area contributed by atoms with Crippen LogP contribution in [0.4, 0.5) is 8.78 Å². The van der Waals surface area contributed by atoms with Crippen molar-refractivity contribution in [3.05, 3.63) is 53.5 Å². The van der Waals surface area contributed by atoms with E-state index in [2.05, 4.69) is 9.97 Å². The van der Waals surface area contributed by atoms with Crippen LogP contribution in [0.5, 0.6) is 5.88 Å². The average molecular weight is 265 g/mol. The van der Waals surface area contributed by atoms with Gasteiger partial charge in [0.25, 0.3) is 0 Å². The van der Waals surface area contributed by atoms with E-state index in [4.69, 9.17) is 10.5 Å². The van der Waals surface area contributed by atoms with Gasteiger partial charge >= 0.3 is 0 Å². The predicted molar refractivity (Wildman–Crippen MR) is 65.6 cm³/mol. The number of halogens is 2. The van der Waals surface area contributed by atoms with Crippen molar-refractivity contribution in [1.29, 1.82) is 0 Å². The molecular weight excluding hydrogens is 252 g/mol. The van der Waals surface area contributed by atoms with Gasteiger partial charge in [-0.25, -0.2) is 18.7 Å². The van der Waals surface area contributed by atoms with Crippen LogP contribution in [0.2, 0.25) is 0 Å². The van der Waals surface area contributed by atoms with Gasteiger partial charge in [0.05, 0.1) is 7.11 Å². The molecule has 0 bridgehead atoms. The molecule has 1 aromatic heterocycles. The molecule has 0 radical (unpaired) electrons. The number of methoxy groups -OCH3 is 1. The van der Waals surface area contributed by atoms with Gasteiger partial charge in [-0.3, -0.25) is 0 Å². The number of nitrogens with two attached hydrogens (primary N) is 1. The zero-order valence-corrected chi connectivity index (χ0v) is 10.3. The van der Waals surface area contributed by atoms with Gasteiger partial charge in [-0.15, -0.1) is 0 Å². The third-order valence-electron chi connectivity index (χ3n) is 2.70. The monoisotopic (exact) mass is 265 g/mol. The van der Waals surface area contributed by atoms with E-state index in [9.17, 15) is 8.78 Å². The first-order valence-corrected chi connectivity index (χ1v) is 5.65. The van der Waals surface area contributed by atoms with Gasteiger partial charge in [0.15, 0.2) is 0 Å². The van der Waals surface area contributed by atoms with Crippen molar-refractivity contribution in [3.8, 4) is 5.88 Å². The van der Waals surface area contributed by atoms with E-state index < -0.39 is 17.7 Å². The largest absolute Gasteiger partial charge is 0.481 e. The highest BCUT2D eigenvalue weighted by Gasteiger charge is 2.14. The lowest BCUT2D eigenvalue weighted by atomic mass is 10.0. The summed E-state index contributed by atoms with van der Waals surface area (Å²) in [6.07, 6.45) is 1.66. The van der Waals surface area contributed by atoms with E-state index >= 15 is 0 Å². The normalized spacial score (nSPS) is 12.2. The lowest BCUT2D eigenvalue weighted by Gasteiger charge is -2.12. The fraction of sp³-hybridized carbons (Fsp3) is 0.231. The van der Waals surface area contributed by atoms with E-state index in [0.29, 0.717) is 18.0 Å². The summed E-state index contributed by atoms with van der Waals surface area (Å²) in [5.74, 6) is -0.873. The summed E-state index contributed by atoms with van der Waals surface area (Å²) in [5, 5.41) is 0. The third kappa shape index (κ3) is 3.23. The standard InChI is InChI=1S/C13H13F2N3O/c1-19-13-6-9(17-7-18-13)5-12(16)10-3-2-8(14)4-11(10)15/h2-4,6-7,12H,5,16H2,1H3. The Hall–Kier alpha value is -2.08. The SMILES string of the molecule is COc1cc(CC(N)c2ccc(F)cc2F)ncn1. The maximum absolute atomic E-state index is 13.6. The Morgan fingerprint density at radius 3 is 2.74 bits per heavy atom. The van der Waals surface area contributed by atoms with E-state index in [1.165, 1.54) is 25.6 Å². The number of rotatable bonds is 4. The summed E-state index contributed by atoms with van der Waals surface area (Å²) in [4.78, 5) is 7.90. The number of benzene rings is 1. The van der Waals surface area contributed by atoms with Gasteiger partial charge in [-0.1, -0.05) is 6.07 Å². The zero-order chi connectivity index (χ0) is 13.8. The van der Waals surface area contributed by atoms with Crippen LogP contribution in [-0.2, 0) is 6.42 Å². The Bertz CT molecular complexity index is 578. The average Bonchev–Trinajstić information content (AvgIpc) is 2.38. The maximum atomic E-state index is 13.6. The van der Waals surface area contributed by atoms with Crippen LogP contribution in [0.1, 0.15) is 17.3 Å². The first-order valence-electron chi connectivity index (χ1n) is 5.65. The first-order chi connectivity index (χ1) is 9.10. The highest BCUT2D eigenvalue weighted by atomic mass is 19.1. The lowest BCUT2D eigenvalue weighted by molar-refractivity contribution is 0.395. The van der Waals surface area contributed by atoms with Gasteiger partial charge in [0, 0.05) is 35.9 Å². The number of ether oxygens (including phenoxy) is 1. The second kappa shape index (κ2) is 5.71. The third-order valence-corrected chi connectivity index (χ3v) is 2.70. The molecule has 4 nitrogen and oxygen atoms in total. The molecule has 0 aliphatic heterocycles. The van der Waals surface area contributed by atoms with Crippen molar-refractivity contribution in [2.24, 2.45) is 5.73 Å². The van der Waals surface area contributed by atoms with Crippen LogP contribution in [0.25, 0.3) is 0 Å². The maximum Gasteiger partial charge on any atom is 0.216 e. The van der Waals surface area contributed by atoms with Gasteiger partial charge in [-0.05, 0) is 6.07 Å². The molecule has 0 saturated carbocycles. The molecule has 0 spiro atoms. The molecule has 2 rings (SSSR count). The topological polar surface area (TPSA) is 61.0 Å². The minimum Gasteiger partial charge on any atom is -0.481 e. The van der Waals surface area contributed by atoms with Gasteiger partial charge in [0.2, 0.25) is 5.88 Å². The molecule has 1 heterocycles. The zero-order valence-electron chi connectivity index (χ0n) is 10.3. The van der Waals surface area contributed by atoms with Crippen LogP contribution < -0.4 is 10.5 Å². The number of hydrogen-bond donors (Lipinski definition) is 1. The quantitative estimate of drug-likeness (QED) is 0.918. The van der Waals surface area contributed by atoms with Gasteiger partial charge < -0.3 is 10.5 Å². The molecular formula is C13H13F2N3O. The van der Waals surface area contributed by atoms with E-state index in [1.54, 1.807) is 6.07 Å². The second-order valence-electron chi connectivity index (χ2n) is 4.03. The fourth-order valence-electron chi connectivity index (χ4n) is 1.74. The van der Waals surface area contributed by atoms with Crippen LogP contribution >= 0.6 is 0 Å². The van der Waals surface area contributed by atoms with E-state index in [1.807, 2.05) is 0 Å². The lowest BCUT2D eigenvalue weighted by Crippen LogP contribution is -2.16. The second-order valence-corrected chi connectivity index (χ2v) is 4.03. The number of nitrogens with zero attached hydrogens (tertiary/aromatic N) is 2. The molecule has 0 fully saturated rings. The minimum atomic E-state index is -0.659. The molecule has 19 heavy (non-hydrogen) atoms. The molecule has 0 aliphatic rings. The summed E-state index contributed by atoms with van der Waals surface area (Å²) < 4.78 is 31.4. The molecule has 6 heteroatoms. The van der Waals surface area contributed by atoms with Crippen LogP contribution in [0, 0.1) is 11.6 Å². The summed E-state index contributed by atoms with van der Waals surface area (Å²) in [6.45, 7) is 0. The minimum absolute atomic E-state index is 0.249. The predicted octanol–water partition coefficient (Wildman–Crippen LogP) is 2.01. The van der Waals surface area contributed by atoms with Crippen molar-refractivity contribution in [1.82, 2.24) is 9.97 Å². The van der Waals surface area contributed by atoms with Crippen LogP contribution in [0.15, 0.2) is 30.6 Å². The fourth-order valence-corrected chi connectivity index (χ4v) is 1.74.